The van der Waals surface area contributed by atoms with Gasteiger partial charge in [-0.2, -0.15) is 5.26 Å². The summed E-state index contributed by atoms with van der Waals surface area (Å²) < 4.78 is 13.1. The van der Waals surface area contributed by atoms with Gasteiger partial charge in [0.05, 0.1) is 12.6 Å². The van der Waals surface area contributed by atoms with E-state index in [1.807, 2.05) is 0 Å². The maximum Gasteiger partial charge on any atom is 0.240 e. The van der Waals surface area contributed by atoms with E-state index >= 15 is 0 Å². The molecule has 0 aliphatic rings. The Morgan fingerprint density at radius 1 is 1.56 bits per heavy atom. The topological polar surface area (TPSA) is 64.9 Å². The molecule has 1 aromatic carbocycles. The average molecular weight is 221 g/mol. The van der Waals surface area contributed by atoms with E-state index in [1.54, 1.807) is 25.1 Å². The van der Waals surface area contributed by atoms with Gasteiger partial charge in [0.25, 0.3) is 0 Å². The van der Waals surface area contributed by atoms with E-state index in [9.17, 15) is 9.18 Å². The summed E-state index contributed by atoms with van der Waals surface area (Å²) in [7, 11) is 0. The Balaban J connectivity index is 2.52. The molecule has 0 heterocycles. The molecule has 5 heteroatoms. The third kappa shape index (κ3) is 3.24. The quantitative estimate of drug-likeness (QED) is 0.750. The number of amides is 1. The molecular formula is C11H12FN3O. The largest absolute Gasteiger partial charge is 0.376 e. The fourth-order valence-corrected chi connectivity index (χ4v) is 1.18. The summed E-state index contributed by atoms with van der Waals surface area (Å²) in [6.07, 6.45) is 0. The number of hydrogen-bond acceptors (Lipinski definition) is 3. The van der Waals surface area contributed by atoms with Gasteiger partial charge in [0.1, 0.15) is 12.4 Å². The number of rotatable bonds is 4. The van der Waals surface area contributed by atoms with E-state index in [0.29, 0.717) is 11.3 Å². The van der Waals surface area contributed by atoms with E-state index in [0.717, 1.165) is 0 Å². The minimum absolute atomic E-state index is 0.0198. The lowest BCUT2D eigenvalue weighted by Crippen LogP contribution is -2.30. The minimum atomic E-state index is -0.317. The number of carbonyl (C=O) groups excluding carboxylic acids is 1. The fraction of sp³-hybridized carbons (Fsp3) is 0.273. The zero-order valence-corrected chi connectivity index (χ0v) is 8.88. The van der Waals surface area contributed by atoms with Crippen molar-refractivity contribution in [2.24, 2.45) is 0 Å². The molecule has 16 heavy (non-hydrogen) atoms. The minimum Gasteiger partial charge on any atom is -0.376 e. The molecule has 0 spiro atoms. The molecule has 1 amide bonds. The molecule has 0 aliphatic carbocycles. The molecule has 0 aliphatic heterocycles. The van der Waals surface area contributed by atoms with Gasteiger partial charge in [-0.3, -0.25) is 4.79 Å². The first-order valence-corrected chi connectivity index (χ1v) is 4.77. The van der Waals surface area contributed by atoms with Crippen LogP contribution in [0.1, 0.15) is 5.56 Å². The van der Waals surface area contributed by atoms with E-state index < -0.39 is 0 Å². The molecule has 0 unspecified atom stereocenters. The predicted molar refractivity (Wildman–Crippen MR) is 58.2 cm³/mol. The summed E-state index contributed by atoms with van der Waals surface area (Å²) in [4.78, 5) is 11.2. The van der Waals surface area contributed by atoms with Crippen molar-refractivity contribution in [1.82, 2.24) is 5.32 Å². The molecule has 1 aromatic rings. The number of nitrogens with zero attached hydrogens (tertiary/aromatic N) is 1. The van der Waals surface area contributed by atoms with Crippen LogP contribution in [-0.4, -0.2) is 19.0 Å². The zero-order valence-electron chi connectivity index (χ0n) is 8.88. The van der Waals surface area contributed by atoms with Crippen molar-refractivity contribution in [3.8, 4) is 6.07 Å². The third-order valence-electron chi connectivity index (χ3n) is 2.07. The Bertz CT molecular complexity index is 426. The van der Waals surface area contributed by atoms with Crippen LogP contribution >= 0.6 is 0 Å². The van der Waals surface area contributed by atoms with Crippen LogP contribution in [0.25, 0.3) is 0 Å². The highest BCUT2D eigenvalue weighted by molar-refractivity contribution is 5.81. The molecule has 4 nitrogen and oxygen atoms in total. The van der Waals surface area contributed by atoms with Crippen molar-refractivity contribution >= 4 is 11.6 Å². The monoisotopic (exact) mass is 221 g/mol. The maximum atomic E-state index is 13.1. The van der Waals surface area contributed by atoms with Crippen LogP contribution in [0.4, 0.5) is 10.1 Å². The van der Waals surface area contributed by atoms with E-state index in [4.69, 9.17) is 5.26 Å². The Morgan fingerprint density at radius 2 is 2.31 bits per heavy atom. The number of halogens is 1. The second kappa shape index (κ2) is 5.71. The van der Waals surface area contributed by atoms with Crippen LogP contribution in [0, 0.1) is 24.1 Å². The zero-order chi connectivity index (χ0) is 12.0. The molecule has 0 saturated heterocycles. The molecule has 0 saturated carbocycles. The molecule has 0 aromatic heterocycles. The summed E-state index contributed by atoms with van der Waals surface area (Å²) >= 11 is 0. The summed E-state index contributed by atoms with van der Waals surface area (Å²) in [5.74, 6) is -0.618. The number of benzene rings is 1. The second-order valence-corrected chi connectivity index (χ2v) is 3.20. The van der Waals surface area contributed by atoms with Crippen molar-refractivity contribution in [2.45, 2.75) is 6.92 Å². The van der Waals surface area contributed by atoms with Crippen LogP contribution in [0.5, 0.6) is 0 Å². The van der Waals surface area contributed by atoms with Gasteiger partial charge in [-0.25, -0.2) is 4.39 Å². The highest BCUT2D eigenvalue weighted by atomic mass is 19.1. The Kier molecular flexibility index (Phi) is 4.28. The highest BCUT2D eigenvalue weighted by Gasteiger charge is 2.04. The third-order valence-corrected chi connectivity index (χ3v) is 2.07. The molecule has 1 rings (SSSR count). The van der Waals surface area contributed by atoms with Crippen molar-refractivity contribution in [1.29, 1.82) is 5.26 Å². The first-order chi connectivity index (χ1) is 7.65. The smallest absolute Gasteiger partial charge is 0.240 e. The predicted octanol–water partition coefficient (Wildman–Crippen LogP) is 1.19. The Hall–Kier alpha value is -2.09. The standard InChI is InChI=1S/C11H12FN3O/c1-8-9(12)3-2-4-10(8)15-7-11(16)14-6-5-13/h2-4,15H,6-7H2,1H3,(H,14,16). The molecular weight excluding hydrogens is 209 g/mol. The summed E-state index contributed by atoms with van der Waals surface area (Å²) in [6, 6.07) is 6.41. The van der Waals surface area contributed by atoms with Gasteiger partial charge in [0.2, 0.25) is 5.91 Å². The van der Waals surface area contributed by atoms with Crippen LogP contribution in [0.2, 0.25) is 0 Å². The summed E-state index contributed by atoms with van der Waals surface area (Å²) in [5, 5.41) is 13.4. The van der Waals surface area contributed by atoms with Crippen LogP contribution < -0.4 is 10.6 Å². The van der Waals surface area contributed by atoms with Gasteiger partial charge in [-0.15, -0.1) is 0 Å². The SMILES string of the molecule is Cc1c(F)cccc1NCC(=O)NCC#N. The first-order valence-electron chi connectivity index (χ1n) is 4.77. The number of anilines is 1. The number of carbonyl (C=O) groups is 1. The van der Waals surface area contributed by atoms with Gasteiger partial charge in [-0.05, 0) is 19.1 Å². The Morgan fingerprint density at radius 3 is 3.00 bits per heavy atom. The van der Waals surface area contributed by atoms with Gasteiger partial charge >= 0.3 is 0 Å². The first kappa shape index (κ1) is 12.0. The van der Waals surface area contributed by atoms with Crippen LogP contribution in [-0.2, 0) is 4.79 Å². The normalized spacial score (nSPS) is 9.31. The van der Waals surface area contributed by atoms with Crippen molar-refractivity contribution in [3.63, 3.8) is 0 Å². The molecule has 84 valence electrons. The van der Waals surface area contributed by atoms with Gasteiger partial charge in [0.15, 0.2) is 0 Å². The summed E-state index contributed by atoms with van der Waals surface area (Å²) in [5.41, 5.74) is 1.04. The van der Waals surface area contributed by atoms with Gasteiger partial charge in [0, 0.05) is 11.3 Å². The van der Waals surface area contributed by atoms with E-state index in [2.05, 4.69) is 10.6 Å². The number of hydrogen-bond donors (Lipinski definition) is 2. The number of nitriles is 1. The van der Waals surface area contributed by atoms with E-state index in [1.165, 1.54) is 6.07 Å². The van der Waals surface area contributed by atoms with Crippen molar-refractivity contribution in [2.75, 3.05) is 18.4 Å². The lowest BCUT2D eigenvalue weighted by molar-refractivity contribution is -0.119. The van der Waals surface area contributed by atoms with Gasteiger partial charge < -0.3 is 10.6 Å². The van der Waals surface area contributed by atoms with E-state index in [-0.39, 0.29) is 24.8 Å². The lowest BCUT2D eigenvalue weighted by Gasteiger charge is -2.09. The summed E-state index contributed by atoms with van der Waals surface area (Å²) in [6.45, 7) is 1.62. The molecule has 0 atom stereocenters. The molecule has 2 N–H and O–H groups in total. The van der Waals surface area contributed by atoms with Crippen LogP contribution in [0.3, 0.4) is 0 Å². The number of nitrogens with one attached hydrogen (secondary N) is 2. The average Bonchev–Trinajstić information content (AvgIpc) is 2.28. The lowest BCUT2D eigenvalue weighted by atomic mass is 10.2. The van der Waals surface area contributed by atoms with Crippen molar-refractivity contribution < 1.29 is 9.18 Å². The molecule has 0 radical (unpaired) electrons. The van der Waals surface area contributed by atoms with Crippen LogP contribution in [0.15, 0.2) is 18.2 Å². The maximum absolute atomic E-state index is 13.1. The highest BCUT2D eigenvalue weighted by Crippen LogP contribution is 2.16. The van der Waals surface area contributed by atoms with Crippen molar-refractivity contribution in [3.05, 3.63) is 29.6 Å². The van der Waals surface area contributed by atoms with Gasteiger partial charge in [-0.1, -0.05) is 6.07 Å². The molecule has 0 fully saturated rings. The fourth-order valence-electron chi connectivity index (χ4n) is 1.18. The molecule has 0 bridgehead atoms. The second-order valence-electron chi connectivity index (χ2n) is 3.20. The Labute approximate surface area is 93.1 Å².